The highest BCUT2D eigenvalue weighted by Gasteiger charge is 2.30. The van der Waals surface area contributed by atoms with Gasteiger partial charge in [0.15, 0.2) is 15.5 Å². The fourth-order valence-electron chi connectivity index (χ4n) is 2.92. The summed E-state index contributed by atoms with van der Waals surface area (Å²) in [6, 6.07) is 4.78. The van der Waals surface area contributed by atoms with E-state index in [1.54, 1.807) is 28.8 Å². The molecule has 1 aliphatic rings. The van der Waals surface area contributed by atoms with Crippen LogP contribution in [-0.2, 0) is 9.84 Å². The Morgan fingerprint density at radius 1 is 1.35 bits per heavy atom. The van der Waals surface area contributed by atoms with E-state index < -0.39 is 21.8 Å². The van der Waals surface area contributed by atoms with E-state index in [9.17, 15) is 18.0 Å². The Kier molecular flexibility index (Phi) is 4.99. The van der Waals surface area contributed by atoms with Gasteiger partial charge in [-0.05, 0) is 31.9 Å². The Morgan fingerprint density at radius 3 is 2.77 bits per heavy atom. The maximum absolute atomic E-state index is 12.6. The van der Waals surface area contributed by atoms with Crippen LogP contribution >= 0.6 is 0 Å². The summed E-state index contributed by atoms with van der Waals surface area (Å²) in [7, 11) is -3.10. The first-order valence-corrected chi connectivity index (χ1v) is 10.4. The molecule has 8 nitrogen and oxygen atoms in total. The lowest BCUT2D eigenvalue weighted by atomic mass is 10.2. The average molecular weight is 378 g/mol. The van der Waals surface area contributed by atoms with E-state index in [0.29, 0.717) is 11.9 Å². The predicted molar refractivity (Wildman–Crippen MR) is 96.9 cm³/mol. The molecule has 2 aromatic heterocycles. The van der Waals surface area contributed by atoms with Crippen molar-refractivity contribution in [2.45, 2.75) is 38.8 Å². The number of sulfone groups is 1. The quantitative estimate of drug-likeness (QED) is 0.799. The Labute approximate surface area is 151 Å². The molecular formula is C17H22N4O4S. The van der Waals surface area contributed by atoms with Gasteiger partial charge in [-0.2, -0.15) is 0 Å². The Balaban J connectivity index is 1.89. The topological polar surface area (TPSA) is 110 Å². The zero-order valence-electron chi connectivity index (χ0n) is 14.7. The first kappa shape index (κ1) is 18.4. The molecule has 2 amide bonds. The molecule has 0 aliphatic carbocycles. The van der Waals surface area contributed by atoms with Crippen LogP contribution in [0.15, 0.2) is 24.4 Å². The van der Waals surface area contributed by atoms with Crippen LogP contribution in [0.2, 0.25) is 0 Å². The zero-order chi connectivity index (χ0) is 18.9. The Hall–Kier alpha value is -2.42. The van der Waals surface area contributed by atoms with Gasteiger partial charge in [0.05, 0.1) is 17.0 Å². The van der Waals surface area contributed by atoms with Gasteiger partial charge in [0.25, 0.3) is 11.8 Å². The van der Waals surface area contributed by atoms with Gasteiger partial charge in [0.1, 0.15) is 0 Å². The normalized spacial score (nSPS) is 20.0. The van der Waals surface area contributed by atoms with E-state index in [1.807, 2.05) is 13.8 Å². The number of hydrogen-bond donors (Lipinski definition) is 2. The standard InChI is InChI=1S/C17H22N4O4S/c1-3-11(2)18-16(22)14-13-6-4-5-8-21(13)15(20-14)17(23)19-12-7-9-26(24,25)10-12/h4-6,8,11-12H,3,7,9-10H2,1-2H3,(H,18,22)(H,19,23). The van der Waals surface area contributed by atoms with E-state index in [4.69, 9.17) is 0 Å². The van der Waals surface area contributed by atoms with Crippen LogP contribution in [0.1, 0.15) is 47.8 Å². The summed E-state index contributed by atoms with van der Waals surface area (Å²) in [6.45, 7) is 3.86. The van der Waals surface area contributed by atoms with Gasteiger partial charge in [-0.3, -0.25) is 14.0 Å². The number of amides is 2. The van der Waals surface area contributed by atoms with Crippen LogP contribution in [-0.4, -0.2) is 53.2 Å². The number of pyridine rings is 1. The molecule has 2 atom stereocenters. The number of fused-ring (bicyclic) bond motifs is 1. The fraction of sp³-hybridized carbons (Fsp3) is 0.471. The summed E-state index contributed by atoms with van der Waals surface area (Å²) in [5, 5.41) is 5.56. The minimum atomic E-state index is -3.10. The molecule has 1 fully saturated rings. The van der Waals surface area contributed by atoms with Crippen molar-refractivity contribution < 1.29 is 18.0 Å². The summed E-state index contributed by atoms with van der Waals surface area (Å²) in [5.74, 6) is -0.757. The third-order valence-corrected chi connectivity index (χ3v) is 6.29. The number of rotatable bonds is 5. The van der Waals surface area contributed by atoms with Crippen molar-refractivity contribution in [2.24, 2.45) is 0 Å². The van der Waals surface area contributed by atoms with Crippen molar-refractivity contribution in [1.29, 1.82) is 0 Å². The van der Waals surface area contributed by atoms with Crippen LogP contribution in [0.25, 0.3) is 5.52 Å². The van der Waals surface area contributed by atoms with Gasteiger partial charge in [0, 0.05) is 18.3 Å². The van der Waals surface area contributed by atoms with Crippen molar-refractivity contribution in [2.75, 3.05) is 11.5 Å². The van der Waals surface area contributed by atoms with Gasteiger partial charge in [-0.15, -0.1) is 0 Å². The first-order chi connectivity index (χ1) is 12.3. The van der Waals surface area contributed by atoms with Crippen LogP contribution < -0.4 is 10.6 Å². The Bertz CT molecular complexity index is 951. The molecular weight excluding hydrogens is 356 g/mol. The molecule has 9 heteroatoms. The van der Waals surface area contributed by atoms with Crippen LogP contribution in [0.4, 0.5) is 0 Å². The largest absolute Gasteiger partial charge is 0.348 e. The van der Waals surface area contributed by atoms with Crippen molar-refractivity contribution in [1.82, 2.24) is 20.0 Å². The number of carbonyl (C=O) groups is 2. The van der Waals surface area contributed by atoms with Gasteiger partial charge < -0.3 is 10.6 Å². The second-order valence-electron chi connectivity index (χ2n) is 6.60. The molecule has 3 rings (SSSR count). The number of nitrogens with one attached hydrogen (secondary N) is 2. The lowest BCUT2D eigenvalue weighted by Gasteiger charge is -2.09. The summed E-state index contributed by atoms with van der Waals surface area (Å²) < 4.78 is 24.7. The summed E-state index contributed by atoms with van der Waals surface area (Å²) in [5.41, 5.74) is 0.701. The number of imidazole rings is 1. The van der Waals surface area contributed by atoms with Crippen LogP contribution in [0, 0.1) is 0 Å². The van der Waals surface area contributed by atoms with Gasteiger partial charge in [-0.1, -0.05) is 13.0 Å². The summed E-state index contributed by atoms with van der Waals surface area (Å²) >= 11 is 0. The van der Waals surface area contributed by atoms with Crippen LogP contribution in [0.5, 0.6) is 0 Å². The second-order valence-corrected chi connectivity index (χ2v) is 8.82. The molecule has 0 bridgehead atoms. The second kappa shape index (κ2) is 7.06. The predicted octanol–water partition coefficient (Wildman–Crippen LogP) is 0.780. The average Bonchev–Trinajstić information content (AvgIpc) is 3.14. The first-order valence-electron chi connectivity index (χ1n) is 8.60. The number of aromatic nitrogens is 2. The van der Waals surface area contributed by atoms with Crippen molar-refractivity contribution >= 4 is 27.2 Å². The minimum Gasteiger partial charge on any atom is -0.348 e. The van der Waals surface area contributed by atoms with E-state index in [1.165, 1.54) is 0 Å². The minimum absolute atomic E-state index is 0.0102. The molecule has 0 saturated carbocycles. The Morgan fingerprint density at radius 2 is 2.12 bits per heavy atom. The van der Waals surface area contributed by atoms with Crippen molar-refractivity contribution in [3.63, 3.8) is 0 Å². The fourth-order valence-corrected chi connectivity index (χ4v) is 4.59. The maximum Gasteiger partial charge on any atom is 0.287 e. The van der Waals surface area contributed by atoms with E-state index >= 15 is 0 Å². The molecule has 2 unspecified atom stereocenters. The molecule has 0 radical (unpaired) electrons. The number of hydrogen-bond acceptors (Lipinski definition) is 5. The van der Waals surface area contributed by atoms with Crippen molar-refractivity contribution in [3.8, 4) is 0 Å². The number of carbonyl (C=O) groups excluding carboxylic acids is 2. The highest BCUT2D eigenvalue weighted by Crippen LogP contribution is 2.16. The monoisotopic (exact) mass is 378 g/mol. The lowest BCUT2D eigenvalue weighted by molar-refractivity contribution is 0.0930. The SMILES string of the molecule is CCC(C)NC(=O)c1nc(C(=O)NC2CCS(=O)(=O)C2)n2ccccc12. The van der Waals surface area contributed by atoms with Crippen LogP contribution in [0.3, 0.4) is 0 Å². The molecule has 26 heavy (non-hydrogen) atoms. The molecule has 140 valence electrons. The third-order valence-electron chi connectivity index (χ3n) is 4.52. The molecule has 1 saturated heterocycles. The molecule has 2 N–H and O–H groups in total. The van der Waals surface area contributed by atoms with E-state index in [-0.39, 0.29) is 35.0 Å². The van der Waals surface area contributed by atoms with E-state index in [2.05, 4.69) is 15.6 Å². The molecule has 0 aromatic carbocycles. The van der Waals surface area contributed by atoms with Crippen molar-refractivity contribution in [3.05, 3.63) is 35.9 Å². The highest BCUT2D eigenvalue weighted by molar-refractivity contribution is 7.91. The lowest BCUT2D eigenvalue weighted by Crippen LogP contribution is -2.36. The molecule has 2 aromatic rings. The summed E-state index contributed by atoms with van der Waals surface area (Å²) in [4.78, 5) is 29.4. The molecule has 0 spiro atoms. The van der Waals surface area contributed by atoms with Gasteiger partial charge in [0.2, 0.25) is 5.82 Å². The van der Waals surface area contributed by atoms with E-state index in [0.717, 1.165) is 6.42 Å². The molecule has 1 aliphatic heterocycles. The smallest absolute Gasteiger partial charge is 0.287 e. The summed E-state index contributed by atoms with van der Waals surface area (Å²) in [6.07, 6.45) is 2.82. The maximum atomic E-state index is 12.6. The number of nitrogens with zero attached hydrogens (tertiary/aromatic N) is 2. The van der Waals surface area contributed by atoms with Gasteiger partial charge >= 0.3 is 0 Å². The third kappa shape index (κ3) is 3.72. The zero-order valence-corrected chi connectivity index (χ0v) is 15.5. The highest BCUT2D eigenvalue weighted by atomic mass is 32.2. The molecule has 3 heterocycles. The van der Waals surface area contributed by atoms with Gasteiger partial charge in [-0.25, -0.2) is 13.4 Å².